The van der Waals surface area contributed by atoms with Gasteiger partial charge in [0.15, 0.2) is 0 Å². The van der Waals surface area contributed by atoms with Crippen LogP contribution in [-0.2, 0) is 16.0 Å². The average molecular weight is 378 g/mol. The monoisotopic (exact) mass is 378 g/mol. The molecule has 1 saturated heterocycles. The maximum absolute atomic E-state index is 12.7. The first-order chi connectivity index (χ1) is 13.7. The number of amides is 2. The normalized spacial score (nSPS) is 19.7. The molecule has 1 heterocycles. The summed E-state index contributed by atoms with van der Waals surface area (Å²) in [6.07, 6.45) is 2.56. The van der Waals surface area contributed by atoms with Crippen LogP contribution in [0.2, 0.25) is 0 Å². The topological polar surface area (TPSA) is 58.6 Å². The molecule has 1 aliphatic heterocycles. The Morgan fingerprint density at radius 1 is 1.11 bits per heavy atom. The van der Waals surface area contributed by atoms with Crippen molar-refractivity contribution in [1.29, 1.82) is 0 Å². The van der Waals surface area contributed by atoms with Gasteiger partial charge in [-0.2, -0.15) is 0 Å². The van der Waals surface area contributed by atoms with Crippen molar-refractivity contribution in [3.8, 4) is 16.9 Å². The van der Waals surface area contributed by atoms with E-state index in [1.807, 2.05) is 41.3 Å². The van der Waals surface area contributed by atoms with E-state index in [0.717, 1.165) is 35.3 Å². The van der Waals surface area contributed by atoms with Crippen molar-refractivity contribution < 1.29 is 14.3 Å². The summed E-state index contributed by atoms with van der Waals surface area (Å²) in [5.74, 6) is 0.974. The first-order valence-corrected chi connectivity index (χ1v) is 9.95. The van der Waals surface area contributed by atoms with Crippen LogP contribution >= 0.6 is 0 Å². The van der Waals surface area contributed by atoms with Crippen LogP contribution in [0.5, 0.6) is 5.75 Å². The molecule has 1 unspecified atom stereocenters. The zero-order chi connectivity index (χ0) is 19.5. The van der Waals surface area contributed by atoms with E-state index in [2.05, 4.69) is 17.4 Å². The molecule has 2 aliphatic rings. The molecule has 5 heteroatoms. The zero-order valence-corrected chi connectivity index (χ0v) is 16.2. The number of ether oxygens (including phenoxy) is 1. The Balaban J connectivity index is 1.61. The van der Waals surface area contributed by atoms with Crippen molar-refractivity contribution in [3.63, 3.8) is 0 Å². The summed E-state index contributed by atoms with van der Waals surface area (Å²) in [5.41, 5.74) is 3.17. The molecule has 1 atom stereocenters. The van der Waals surface area contributed by atoms with Crippen molar-refractivity contribution in [2.45, 2.75) is 19.3 Å². The molecule has 0 aromatic heterocycles. The minimum Gasteiger partial charge on any atom is -0.496 e. The fraction of sp³-hybridized carbons (Fsp3) is 0.391. The smallest absolute Gasteiger partial charge is 0.225 e. The number of benzene rings is 2. The van der Waals surface area contributed by atoms with Crippen LogP contribution in [0.25, 0.3) is 11.1 Å². The molecule has 1 aliphatic carbocycles. The Morgan fingerprint density at radius 2 is 1.82 bits per heavy atom. The summed E-state index contributed by atoms with van der Waals surface area (Å²) in [5, 5.41) is 2.98. The zero-order valence-electron chi connectivity index (χ0n) is 16.2. The number of carbonyl (C=O) groups is 2. The second-order valence-corrected chi connectivity index (χ2v) is 7.61. The lowest BCUT2D eigenvalue weighted by atomic mass is 9.91. The molecule has 1 saturated carbocycles. The van der Waals surface area contributed by atoms with E-state index in [0.29, 0.717) is 26.1 Å². The summed E-state index contributed by atoms with van der Waals surface area (Å²) >= 11 is 0. The number of nitrogens with zero attached hydrogens (tertiary/aromatic N) is 1. The lowest BCUT2D eigenvalue weighted by Crippen LogP contribution is -2.38. The minimum atomic E-state index is -0.249. The second-order valence-electron chi connectivity index (χ2n) is 7.61. The standard InChI is InChI=1S/C23H26N2O3/c1-28-21-9-5-4-8-20(21)19-7-3-2-6-17(19)14-18-15-25(13-12-24-22(18)26)23(27)16-10-11-16/h2-9,16,18H,10-15H2,1H3,(H,24,26). The Morgan fingerprint density at radius 3 is 2.57 bits per heavy atom. The number of carbonyl (C=O) groups excluding carboxylic acids is 2. The first-order valence-electron chi connectivity index (χ1n) is 9.95. The Kier molecular flexibility index (Phi) is 5.33. The van der Waals surface area contributed by atoms with Gasteiger partial charge in [0, 0.05) is 31.1 Å². The van der Waals surface area contributed by atoms with Crippen LogP contribution in [-0.4, -0.2) is 43.5 Å². The van der Waals surface area contributed by atoms with Crippen LogP contribution in [0.1, 0.15) is 18.4 Å². The summed E-state index contributed by atoms with van der Waals surface area (Å²) in [6.45, 7) is 1.62. The predicted octanol–water partition coefficient (Wildman–Crippen LogP) is 2.89. The lowest BCUT2D eigenvalue weighted by Gasteiger charge is -2.24. The van der Waals surface area contributed by atoms with E-state index >= 15 is 0 Å². The Bertz CT molecular complexity index is 876. The van der Waals surface area contributed by atoms with Gasteiger partial charge in [0.1, 0.15) is 5.75 Å². The van der Waals surface area contributed by atoms with E-state index in [1.165, 1.54) is 0 Å². The highest BCUT2D eigenvalue weighted by Gasteiger charge is 2.36. The summed E-state index contributed by atoms with van der Waals surface area (Å²) in [7, 11) is 1.67. The van der Waals surface area contributed by atoms with Crippen molar-refractivity contribution in [2.75, 3.05) is 26.7 Å². The maximum Gasteiger partial charge on any atom is 0.225 e. The van der Waals surface area contributed by atoms with Gasteiger partial charge in [-0.05, 0) is 36.5 Å². The number of hydrogen-bond donors (Lipinski definition) is 1. The predicted molar refractivity (Wildman–Crippen MR) is 108 cm³/mol. The quantitative estimate of drug-likeness (QED) is 0.870. The maximum atomic E-state index is 12.7. The van der Waals surface area contributed by atoms with E-state index in [4.69, 9.17) is 4.74 Å². The van der Waals surface area contributed by atoms with E-state index in [9.17, 15) is 9.59 Å². The minimum absolute atomic E-state index is 0.0286. The molecular weight excluding hydrogens is 352 g/mol. The summed E-state index contributed by atoms with van der Waals surface area (Å²) in [6, 6.07) is 16.0. The van der Waals surface area contributed by atoms with Gasteiger partial charge in [0.05, 0.1) is 13.0 Å². The first kappa shape index (κ1) is 18.5. The highest BCUT2D eigenvalue weighted by molar-refractivity contribution is 5.84. The van der Waals surface area contributed by atoms with Crippen molar-refractivity contribution in [1.82, 2.24) is 10.2 Å². The number of hydrogen-bond acceptors (Lipinski definition) is 3. The molecule has 0 bridgehead atoms. The van der Waals surface area contributed by atoms with Crippen molar-refractivity contribution in [2.24, 2.45) is 11.8 Å². The fourth-order valence-electron chi connectivity index (χ4n) is 3.94. The highest BCUT2D eigenvalue weighted by Crippen LogP contribution is 2.34. The number of para-hydroxylation sites is 1. The van der Waals surface area contributed by atoms with Gasteiger partial charge >= 0.3 is 0 Å². The average Bonchev–Trinajstić information content (AvgIpc) is 3.58. The van der Waals surface area contributed by atoms with Crippen LogP contribution in [0.15, 0.2) is 48.5 Å². The molecule has 2 amide bonds. The third kappa shape index (κ3) is 3.88. The molecule has 28 heavy (non-hydrogen) atoms. The van der Waals surface area contributed by atoms with Crippen LogP contribution in [0.3, 0.4) is 0 Å². The third-order valence-electron chi connectivity index (χ3n) is 5.61. The van der Waals surface area contributed by atoms with Gasteiger partial charge in [-0.15, -0.1) is 0 Å². The molecule has 2 fully saturated rings. The fourth-order valence-corrected chi connectivity index (χ4v) is 3.94. The molecule has 0 spiro atoms. The largest absolute Gasteiger partial charge is 0.496 e. The second kappa shape index (κ2) is 8.05. The Labute approximate surface area is 165 Å². The Hall–Kier alpha value is -2.82. The SMILES string of the molecule is COc1ccccc1-c1ccccc1CC1CN(C(=O)C2CC2)CCNC1=O. The van der Waals surface area contributed by atoms with Crippen LogP contribution in [0.4, 0.5) is 0 Å². The molecule has 2 aromatic rings. The van der Waals surface area contributed by atoms with Crippen molar-refractivity contribution >= 4 is 11.8 Å². The highest BCUT2D eigenvalue weighted by atomic mass is 16.5. The number of nitrogens with one attached hydrogen (secondary N) is 1. The van der Waals surface area contributed by atoms with Gasteiger partial charge in [0.2, 0.25) is 11.8 Å². The van der Waals surface area contributed by atoms with Gasteiger partial charge in [-0.3, -0.25) is 9.59 Å². The van der Waals surface area contributed by atoms with Crippen LogP contribution in [0, 0.1) is 11.8 Å². The molecule has 1 N–H and O–H groups in total. The molecule has 146 valence electrons. The van der Waals surface area contributed by atoms with E-state index in [1.54, 1.807) is 7.11 Å². The van der Waals surface area contributed by atoms with Crippen molar-refractivity contribution in [3.05, 3.63) is 54.1 Å². The summed E-state index contributed by atoms with van der Waals surface area (Å²) in [4.78, 5) is 27.1. The van der Waals surface area contributed by atoms with Crippen LogP contribution < -0.4 is 10.1 Å². The van der Waals surface area contributed by atoms with Gasteiger partial charge in [0.25, 0.3) is 0 Å². The lowest BCUT2D eigenvalue weighted by molar-refractivity contribution is -0.133. The molecule has 4 rings (SSSR count). The molecule has 0 radical (unpaired) electrons. The third-order valence-corrected chi connectivity index (χ3v) is 5.61. The van der Waals surface area contributed by atoms with Gasteiger partial charge in [-0.1, -0.05) is 42.5 Å². The van der Waals surface area contributed by atoms with E-state index in [-0.39, 0.29) is 23.7 Å². The molecular formula is C23H26N2O3. The number of rotatable bonds is 5. The summed E-state index contributed by atoms with van der Waals surface area (Å²) < 4.78 is 5.54. The van der Waals surface area contributed by atoms with Gasteiger partial charge < -0.3 is 15.0 Å². The number of methoxy groups -OCH3 is 1. The molecule has 5 nitrogen and oxygen atoms in total. The van der Waals surface area contributed by atoms with E-state index < -0.39 is 0 Å². The molecule has 2 aromatic carbocycles. The van der Waals surface area contributed by atoms with Gasteiger partial charge in [-0.25, -0.2) is 0 Å².